The highest BCUT2D eigenvalue weighted by Gasteiger charge is 2.63. The Bertz CT molecular complexity index is 1750. The number of nitrogen functional groups attached to an aromatic ring is 1. The summed E-state index contributed by atoms with van der Waals surface area (Å²) in [6.07, 6.45) is -6.17. The third-order valence-electron chi connectivity index (χ3n) is 6.74. The van der Waals surface area contributed by atoms with E-state index in [1.807, 2.05) is 0 Å². The number of halogens is 5. The number of aromatic nitrogens is 8. The molecule has 1 saturated carbocycles. The molecule has 17 heteroatoms. The number of hydrogen-bond donors (Lipinski definition) is 2. The number of aryl methyl sites for hydroxylation is 3. The number of nitrogens with zero attached hydrogens (tertiary/aromatic N) is 8. The topological polar surface area (TPSA) is 163 Å². The number of carbonyl (C=O) groups is 1. The summed E-state index contributed by atoms with van der Waals surface area (Å²) < 4.78 is 95.1. The van der Waals surface area contributed by atoms with Crippen LogP contribution < -0.4 is 11.1 Å². The van der Waals surface area contributed by atoms with Crippen LogP contribution in [-0.4, -0.2) is 57.9 Å². The van der Waals surface area contributed by atoms with Gasteiger partial charge in [-0.15, -0.1) is 10.2 Å². The molecule has 39 heavy (non-hydrogen) atoms. The van der Waals surface area contributed by atoms with Gasteiger partial charge in [-0.1, -0.05) is 0 Å². The predicted molar refractivity (Wildman–Crippen MR) is 122 cm³/mol. The molecular formula is C22H19F5N10O2. The van der Waals surface area contributed by atoms with Gasteiger partial charge in [-0.2, -0.15) is 27.1 Å². The van der Waals surface area contributed by atoms with Gasteiger partial charge in [-0.25, -0.2) is 19.9 Å². The maximum Gasteiger partial charge on any atom is 0.453 e. The predicted octanol–water partition coefficient (Wildman–Crippen LogP) is 2.87. The van der Waals surface area contributed by atoms with Crippen molar-refractivity contribution in [2.45, 2.75) is 50.1 Å². The molecule has 3 N–H and O–H groups in total. The third-order valence-corrected chi connectivity index (χ3v) is 6.74. The second kappa shape index (κ2) is 8.09. The number of fused-ring (bicyclic) bond motifs is 2. The Morgan fingerprint density at radius 2 is 1.97 bits per heavy atom. The number of alkyl halides is 5. The summed E-state index contributed by atoms with van der Waals surface area (Å²) in [4.78, 5) is 30.1. The highest BCUT2D eigenvalue weighted by molar-refractivity contribution is 6.09. The van der Waals surface area contributed by atoms with Gasteiger partial charge in [0.05, 0.1) is 17.1 Å². The van der Waals surface area contributed by atoms with Crippen molar-refractivity contribution in [3.05, 3.63) is 29.4 Å². The van der Waals surface area contributed by atoms with Gasteiger partial charge < -0.3 is 15.5 Å². The summed E-state index contributed by atoms with van der Waals surface area (Å²) in [5.41, 5.74) is 4.44. The second-order valence-corrected chi connectivity index (χ2v) is 9.30. The van der Waals surface area contributed by atoms with Crippen molar-refractivity contribution in [3.8, 4) is 11.5 Å². The Morgan fingerprint density at radius 3 is 2.62 bits per heavy atom. The zero-order valence-electron chi connectivity index (χ0n) is 22.8. The summed E-state index contributed by atoms with van der Waals surface area (Å²) in [6, 6.07) is 0. The smallest absolute Gasteiger partial charge is 0.424 e. The van der Waals surface area contributed by atoms with E-state index < -0.39 is 49.1 Å². The van der Waals surface area contributed by atoms with Crippen LogP contribution in [0.2, 0.25) is 0 Å². The standard InChI is InChI=1S/C22H19F5N10O2/c1-8-35-36-19(39-8)21(9-3-4-9)12-14(28)32-16(33-15(12)34-18(21)38)13-10-7-29-37(2)17(10)31-11(30-13)5-6-20(23,24)22(25,26)27/h7,9H,3-6H2,1-2H3,(H3,28,32,33,34,38)/i2D3. The third kappa shape index (κ3) is 3.69. The van der Waals surface area contributed by atoms with Gasteiger partial charge in [0.1, 0.15) is 23.2 Å². The molecule has 1 aliphatic carbocycles. The number of carbonyl (C=O) groups excluding carboxylic acids is 1. The van der Waals surface area contributed by atoms with Gasteiger partial charge >= 0.3 is 12.1 Å². The van der Waals surface area contributed by atoms with Gasteiger partial charge in [0.25, 0.3) is 0 Å². The Balaban J connectivity index is 1.51. The summed E-state index contributed by atoms with van der Waals surface area (Å²) in [6.45, 7) is -1.34. The van der Waals surface area contributed by atoms with Crippen LogP contribution in [0, 0.1) is 12.8 Å². The van der Waals surface area contributed by atoms with Gasteiger partial charge in [-0.3, -0.25) is 9.48 Å². The fourth-order valence-corrected chi connectivity index (χ4v) is 4.77. The van der Waals surface area contributed by atoms with Crippen LogP contribution in [0.25, 0.3) is 22.6 Å². The number of anilines is 2. The largest absolute Gasteiger partial charge is 0.453 e. The van der Waals surface area contributed by atoms with Crippen LogP contribution >= 0.6 is 0 Å². The number of nitrogens with one attached hydrogen (secondary N) is 1. The fourth-order valence-electron chi connectivity index (χ4n) is 4.77. The molecule has 0 bridgehead atoms. The summed E-state index contributed by atoms with van der Waals surface area (Å²) in [5.74, 6) is -6.72. The molecule has 0 radical (unpaired) electrons. The first-order valence-corrected chi connectivity index (χ1v) is 11.5. The van der Waals surface area contributed by atoms with Crippen molar-refractivity contribution in [3.63, 3.8) is 0 Å². The molecule has 2 aliphatic rings. The van der Waals surface area contributed by atoms with Gasteiger partial charge in [-0.05, 0) is 18.8 Å². The van der Waals surface area contributed by atoms with Gasteiger partial charge in [0.15, 0.2) is 16.9 Å². The SMILES string of the molecule is [2H]C([2H])([2H])n1ncc2c(-c3nc(N)c4c(n3)NC(=O)C4(c3nnc(C)o3)C3CC3)nc(CCC(F)(F)C(F)(F)F)nc21. The van der Waals surface area contributed by atoms with Crippen LogP contribution in [0.1, 0.15) is 46.5 Å². The molecule has 1 atom stereocenters. The van der Waals surface area contributed by atoms with Gasteiger partial charge in [0, 0.05) is 30.9 Å². The first-order valence-electron chi connectivity index (χ1n) is 13.0. The van der Waals surface area contributed by atoms with Gasteiger partial charge in [0.2, 0.25) is 17.7 Å². The maximum absolute atomic E-state index is 13.7. The van der Waals surface area contributed by atoms with E-state index in [0.29, 0.717) is 17.5 Å². The normalized spacial score (nSPS) is 21.0. The Kier molecular flexibility index (Phi) is 4.48. The lowest BCUT2D eigenvalue weighted by Gasteiger charge is -2.23. The lowest BCUT2D eigenvalue weighted by atomic mass is 9.77. The summed E-state index contributed by atoms with van der Waals surface area (Å²) >= 11 is 0. The number of rotatable bonds is 6. The molecule has 12 nitrogen and oxygen atoms in total. The first kappa shape index (κ1) is 21.6. The summed E-state index contributed by atoms with van der Waals surface area (Å²) in [7, 11) is 0. The first-order chi connectivity index (χ1) is 19.5. The van der Waals surface area contributed by atoms with Crippen LogP contribution in [0.5, 0.6) is 0 Å². The minimum atomic E-state index is -5.82. The minimum absolute atomic E-state index is 0.00180. The van der Waals surface area contributed by atoms with Crippen LogP contribution in [0.15, 0.2) is 10.6 Å². The minimum Gasteiger partial charge on any atom is -0.424 e. The monoisotopic (exact) mass is 553 g/mol. The Labute approximate surface area is 219 Å². The average molecular weight is 553 g/mol. The molecule has 204 valence electrons. The Hall–Kier alpha value is -4.31. The lowest BCUT2D eigenvalue weighted by Crippen LogP contribution is -2.39. The molecule has 1 aliphatic heterocycles. The molecule has 1 fully saturated rings. The van der Waals surface area contributed by atoms with E-state index in [-0.39, 0.29) is 57.5 Å². The zero-order chi connectivity index (χ0) is 30.4. The van der Waals surface area contributed by atoms with Crippen molar-refractivity contribution in [2.24, 2.45) is 12.9 Å². The number of nitrogens with two attached hydrogens (primary N) is 1. The molecule has 0 aromatic carbocycles. The molecule has 6 rings (SSSR count). The highest BCUT2D eigenvalue weighted by Crippen LogP contribution is 2.57. The molecule has 1 unspecified atom stereocenters. The van der Waals surface area contributed by atoms with Crippen molar-refractivity contribution in [1.29, 1.82) is 0 Å². The zero-order valence-corrected chi connectivity index (χ0v) is 19.8. The quantitative estimate of drug-likeness (QED) is 0.339. The van der Waals surface area contributed by atoms with Crippen molar-refractivity contribution >= 4 is 28.6 Å². The van der Waals surface area contributed by atoms with E-state index in [2.05, 4.69) is 40.5 Å². The molecule has 5 heterocycles. The van der Waals surface area contributed by atoms with E-state index in [0.717, 1.165) is 6.20 Å². The van der Waals surface area contributed by atoms with E-state index in [1.165, 1.54) is 0 Å². The maximum atomic E-state index is 13.7. The Morgan fingerprint density at radius 1 is 1.21 bits per heavy atom. The van der Waals surface area contributed by atoms with Crippen molar-refractivity contribution in [1.82, 2.24) is 39.9 Å². The number of amides is 1. The van der Waals surface area contributed by atoms with Crippen molar-refractivity contribution < 1.29 is 35.3 Å². The number of hydrogen-bond acceptors (Lipinski definition) is 10. The average Bonchev–Trinajstić information content (AvgIpc) is 3.35. The van der Waals surface area contributed by atoms with E-state index in [1.54, 1.807) is 6.92 Å². The van der Waals surface area contributed by atoms with Crippen molar-refractivity contribution in [2.75, 3.05) is 11.1 Å². The molecule has 4 aromatic heterocycles. The van der Waals surface area contributed by atoms with Crippen LogP contribution in [0.4, 0.5) is 33.6 Å². The van der Waals surface area contributed by atoms with E-state index in [4.69, 9.17) is 14.3 Å². The molecule has 1 amide bonds. The lowest BCUT2D eigenvalue weighted by molar-refractivity contribution is -0.284. The van der Waals surface area contributed by atoms with E-state index in [9.17, 15) is 26.7 Å². The molecule has 0 saturated heterocycles. The fraction of sp³-hybridized carbons (Fsp3) is 0.455. The molecule has 4 aromatic rings. The molecular weight excluding hydrogens is 531 g/mol. The summed E-state index contributed by atoms with van der Waals surface area (Å²) in [5, 5.41) is 14.3. The van der Waals surface area contributed by atoms with Crippen LogP contribution in [-0.2, 0) is 23.6 Å². The van der Waals surface area contributed by atoms with E-state index >= 15 is 0 Å². The second-order valence-electron chi connectivity index (χ2n) is 9.30. The molecule has 0 spiro atoms. The highest BCUT2D eigenvalue weighted by atomic mass is 19.4. The van der Waals surface area contributed by atoms with Crippen LogP contribution in [0.3, 0.4) is 0 Å².